The van der Waals surface area contributed by atoms with Crippen molar-refractivity contribution in [3.05, 3.63) is 47.8 Å². The van der Waals surface area contributed by atoms with Gasteiger partial charge in [-0.2, -0.15) is 0 Å². The van der Waals surface area contributed by atoms with Gasteiger partial charge in [-0.15, -0.1) is 16.8 Å². The van der Waals surface area contributed by atoms with E-state index in [0.717, 1.165) is 49.6 Å². The molecule has 1 aromatic carbocycles. The van der Waals surface area contributed by atoms with E-state index in [1.54, 1.807) is 23.9 Å². The van der Waals surface area contributed by atoms with Crippen molar-refractivity contribution >= 4 is 23.4 Å². The molecule has 0 amide bonds. The monoisotopic (exact) mass is 408 g/mol. The number of morpholine rings is 1. The highest BCUT2D eigenvalue weighted by atomic mass is 35.5. The predicted molar refractivity (Wildman–Crippen MR) is 109 cm³/mol. The number of hydrogen-bond donors (Lipinski definition) is 0. The molecule has 1 saturated heterocycles. The molecule has 0 aliphatic carbocycles. The molecule has 0 unspecified atom stereocenters. The van der Waals surface area contributed by atoms with Crippen LogP contribution in [-0.2, 0) is 17.9 Å². The number of thioether (sulfide) groups is 1. The van der Waals surface area contributed by atoms with Crippen molar-refractivity contribution < 1.29 is 9.47 Å². The fourth-order valence-corrected chi connectivity index (χ4v) is 4.04. The summed E-state index contributed by atoms with van der Waals surface area (Å²) in [7, 11) is 0. The molecule has 1 fully saturated rings. The Labute approximate surface area is 169 Å². The minimum Gasteiger partial charge on any atom is -0.486 e. The first kappa shape index (κ1) is 20.2. The van der Waals surface area contributed by atoms with Crippen molar-refractivity contribution in [2.45, 2.75) is 30.5 Å². The molecule has 8 heteroatoms. The molecule has 2 aromatic rings. The van der Waals surface area contributed by atoms with Crippen LogP contribution in [0.4, 0.5) is 0 Å². The highest BCUT2D eigenvalue weighted by Crippen LogP contribution is 2.24. The van der Waals surface area contributed by atoms with Crippen molar-refractivity contribution in [3.63, 3.8) is 0 Å². The second-order valence-corrected chi connectivity index (χ2v) is 8.22. The Balaban J connectivity index is 1.61. The summed E-state index contributed by atoms with van der Waals surface area (Å²) >= 11 is 7.64. The zero-order valence-corrected chi connectivity index (χ0v) is 17.1. The summed E-state index contributed by atoms with van der Waals surface area (Å²) in [5.41, 5.74) is 0. The van der Waals surface area contributed by atoms with Gasteiger partial charge < -0.3 is 9.47 Å². The van der Waals surface area contributed by atoms with Crippen molar-refractivity contribution in [3.8, 4) is 5.75 Å². The van der Waals surface area contributed by atoms with E-state index in [1.807, 2.05) is 18.2 Å². The molecule has 0 saturated carbocycles. The van der Waals surface area contributed by atoms with E-state index in [1.165, 1.54) is 0 Å². The zero-order valence-electron chi connectivity index (χ0n) is 15.5. The maximum Gasteiger partial charge on any atom is 0.191 e. The van der Waals surface area contributed by atoms with Gasteiger partial charge in [-0.25, -0.2) is 0 Å². The number of halogens is 1. The minimum atomic E-state index is 0.348. The number of aromatic nitrogens is 3. The first-order valence-corrected chi connectivity index (χ1v) is 10.3. The minimum absolute atomic E-state index is 0.348. The predicted octanol–water partition coefficient (Wildman–Crippen LogP) is 3.51. The van der Waals surface area contributed by atoms with Crippen molar-refractivity contribution in [2.75, 3.05) is 32.8 Å². The Morgan fingerprint density at radius 2 is 2.04 bits per heavy atom. The van der Waals surface area contributed by atoms with Crippen LogP contribution in [0.5, 0.6) is 5.75 Å². The number of nitrogens with zero attached hydrogens (tertiary/aromatic N) is 4. The van der Waals surface area contributed by atoms with E-state index in [2.05, 4.69) is 33.2 Å². The molecule has 2 heterocycles. The zero-order chi connectivity index (χ0) is 19.1. The highest BCUT2D eigenvalue weighted by molar-refractivity contribution is 7.99. The molecule has 27 heavy (non-hydrogen) atoms. The normalized spacial score (nSPS) is 16.2. The average molecular weight is 409 g/mol. The van der Waals surface area contributed by atoms with Crippen LogP contribution in [-0.4, -0.2) is 57.8 Å². The van der Waals surface area contributed by atoms with Crippen molar-refractivity contribution in [1.82, 2.24) is 19.7 Å². The van der Waals surface area contributed by atoms with E-state index in [-0.39, 0.29) is 0 Å². The quantitative estimate of drug-likeness (QED) is 0.467. The summed E-state index contributed by atoms with van der Waals surface area (Å²) < 4.78 is 13.3. The van der Waals surface area contributed by atoms with Gasteiger partial charge in [-0.05, 0) is 24.3 Å². The Morgan fingerprint density at radius 3 is 2.74 bits per heavy atom. The summed E-state index contributed by atoms with van der Waals surface area (Å²) in [6.45, 7) is 11.7. The van der Waals surface area contributed by atoms with E-state index >= 15 is 0 Å². The number of ether oxygens (including phenoxy) is 2. The lowest BCUT2D eigenvalue weighted by Gasteiger charge is -2.28. The maximum atomic E-state index is 5.91. The Kier molecular flexibility index (Phi) is 7.58. The van der Waals surface area contributed by atoms with Gasteiger partial charge in [0.15, 0.2) is 11.0 Å². The first-order valence-electron chi connectivity index (χ1n) is 9.04. The van der Waals surface area contributed by atoms with Crippen LogP contribution in [0.15, 0.2) is 42.1 Å². The van der Waals surface area contributed by atoms with Gasteiger partial charge in [0.25, 0.3) is 0 Å². The van der Waals surface area contributed by atoms with Crippen LogP contribution in [0.2, 0.25) is 5.02 Å². The van der Waals surface area contributed by atoms with Gasteiger partial charge in [0.2, 0.25) is 0 Å². The first-order chi connectivity index (χ1) is 13.2. The van der Waals surface area contributed by atoms with Crippen LogP contribution in [0, 0.1) is 0 Å². The van der Waals surface area contributed by atoms with E-state index in [4.69, 9.17) is 21.1 Å². The lowest BCUT2D eigenvalue weighted by Crippen LogP contribution is -2.39. The molecule has 1 aliphatic heterocycles. The van der Waals surface area contributed by atoms with Gasteiger partial charge in [0.1, 0.15) is 12.4 Å². The molecule has 0 bridgehead atoms. The van der Waals surface area contributed by atoms with Crippen LogP contribution in [0.25, 0.3) is 0 Å². The van der Waals surface area contributed by atoms with Gasteiger partial charge in [0, 0.05) is 36.5 Å². The summed E-state index contributed by atoms with van der Waals surface area (Å²) in [6, 6.07) is 7.30. The van der Waals surface area contributed by atoms with Gasteiger partial charge in [0.05, 0.1) is 13.2 Å². The van der Waals surface area contributed by atoms with Gasteiger partial charge in [-0.3, -0.25) is 9.47 Å². The molecule has 0 N–H and O–H groups in total. The SMILES string of the molecule is C=CCn1c(COc2ccc(Cl)cc2)nnc1S[C@H](C)CN1CCOCC1. The van der Waals surface area contributed by atoms with Crippen molar-refractivity contribution in [1.29, 1.82) is 0 Å². The Bertz CT molecular complexity index is 732. The molecule has 3 rings (SSSR count). The molecule has 1 atom stereocenters. The molecular formula is C19H25ClN4O2S. The molecule has 0 spiro atoms. The molecule has 6 nitrogen and oxygen atoms in total. The summed E-state index contributed by atoms with van der Waals surface area (Å²) in [5, 5.41) is 10.7. The lowest BCUT2D eigenvalue weighted by molar-refractivity contribution is 0.0386. The van der Waals surface area contributed by atoms with Gasteiger partial charge in [-0.1, -0.05) is 36.4 Å². The van der Waals surface area contributed by atoms with E-state index < -0.39 is 0 Å². The maximum absolute atomic E-state index is 5.91. The number of allylic oxidation sites excluding steroid dienone is 1. The average Bonchev–Trinajstić information content (AvgIpc) is 3.04. The van der Waals surface area contributed by atoms with Crippen LogP contribution < -0.4 is 4.74 Å². The number of benzene rings is 1. The summed E-state index contributed by atoms with van der Waals surface area (Å²) in [5.74, 6) is 1.54. The fourth-order valence-electron chi connectivity index (χ4n) is 2.87. The number of hydrogen-bond acceptors (Lipinski definition) is 6. The fraction of sp³-hybridized carbons (Fsp3) is 0.474. The molecule has 1 aromatic heterocycles. The summed E-state index contributed by atoms with van der Waals surface area (Å²) in [6.07, 6.45) is 1.85. The topological polar surface area (TPSA) is 52.4 Å². The third-order valence-electron chi connectivity index (χ3n) is 4.21. The largest absolute Gasteiger partial charge is 0.486 e. The molecule has 0 radical (unpaired) electrons. The standard InChI is InChI=1S/C19H25ClN4O2S/c1-3-8-24-18(14-26-17-6-4-16(20)5-7-17)21-22-19(24)27-15(2)13-23-9-11-25-12-10-23/h3-7,15H,1,8-14H2,2H3/t15-/m1/s1. The van der Waals surface area contributed by atoms with Crippen molar-refractivity contribution in [2.24, 2.45) is 0 Å². The smallest absolute Gasteiger partial charge is 0.191 e. The van der Waals surface area contributed by atoms with Crippen LogP contribution >= 0.6 is 23.4 Å². The lowest BCUT2D eigenvalue weighted by atomic mass is 10.3. The third-order valence-corrected chi connectivity index (χ3v) is 5.53. The second kappa shape index (κ2) is 10.1. The molecular weight excluding hydrogens is 384 g/mol. The number of rotatable bonds is 9. The highest BCUT2D eigenvalue weighted by Gasteiger charge is 2.18. The van der Waals surface area contributed by atoms with Gasteiger partial charge >= 0.3 is 0 Å². The van der Waals surface area contributed by atoms with E-state index in [9.17, 15) is 0 Å². The second-order valence-electron chi connectivity index (χ2n) is 6.38. The Hall–Kier alpha value is -1.54. The molecule has 146 valence electrons. The Morgan fingerprint density at radius 1 is 1.30 bits per heavy atom. The van der Waals surface area contributed by atoms with E-state index in [0.29, 0.717) is 23.4 Å². The van der Waals surface area contributed by atoms with Crippen LogP contribution in [0.1, 0.15) is 12.7 Å². The molecule has 1 aliphatic rings. The third kappa shape index (κ3) is 5.97. The van der Waals surface area contributed by atoms with Crippen LogP contribution in [0.3, 0.4) is 0 Å². The summed E-state index contributed by atoms with van der Waals surface area (Å²) in [4.78, 5) is 2.43.